The van der Waals surface area contributed by atoms with Crippen molar-refractivity contribution < 1.29 is 14.4 Å². The molecule has 1 saturated carbocycles. The highest BCUT2D eigenvalue weighted by atomic mass is 19.1. The lowest BCUT2D eigenvalue weighted by atomic mass is 9.65. The van der Waals surface area contributed by atoms with Gasteiger partial charge in [0, 0.05) is 6.20 Å². The van der Waals surface area contributed by atoms with Gasteiger partial charge in [0.2, 0.25) is 0 Å². The summed E-state index contributed by atoms with van der Waals surface area (Å²) >= 11 is 0. The van der Waals surface area contributed by atoms with Gasteiger partial charge in [0.1, 0.15) is 5.82 Å². The second-order valence-corrected chi connectivity index (χ2v) is 6.10. The highest BCUT2D eigenvalue weighted by molar-refractivity contribution is 5.87. The predicted molar refractivity (Wildman–Crippen MR) is 83.5 cm³/mol. The molecule has 5 heteroatoms. The number of amides is 1. The fraction of sp³-hybridized carbons (Fsp3) is 0.333. The van der Waals surface area contributed by atoms with Crippen molar-refractivity contribution in [3.8, 4) is 0 Å². The van der Waals surface area contributed by atoms with Gasteiger partial charge in [0.05, 0.1) is 11.6 Å². The van der Waals surface area contributed by atoms with Crippen LogP contribution in [0.25, 0.3) is 0 Å². The lowest BCUT2D eigenvalue weighted by Gasteiger charge is -2.38. The van der Waals surface area contributed by atoms with Crippen molar-refractivity contribution in [2.45, 2.75) is 37.0 Å². The van der Waals surface area contributed by atoms with E-state index >= 15 is 0 Å². The number of nitrogens with zero attached hydrogens (tertiary/aromatic N) is 1. The topological polar surface area (TPSA) is 62.2 Å². The first-order valence-corrected chi connectivity index (χ1v) is 7.76. The Bertz CT molecular complexity index is 682. The van der Waals surface area contributed by atoms with Gasteiger partial charge in [0.15, 0.2) is 0 Å². The number of carbonyl (C=O) groups excluding carboxylic acids is 1. The van der Waals surface area contributed by atoms with Gasteiger partial charge >= 0.3 is 0 Å². The SMILES string of the molecule is O=C(NO)[C@]1(c2ccccc2)CC[C@@H](c2cncc(F)c2)CC1. The van der Waals surface area contributed by atoms with Crippen LogP contribution >= 0.6 is 0 Å². The third-order valence-electron chi connectivity index (χ3n) is 4.90. The molecule has 4 nitrogen and oxygen atoms in total. The van der Waals surface area contributed by atoms with Crippen LogP contribution in [0.3, 0.4) is 0 Å². The lowest BCUT2D eigenvalue weighted by molar-refractivity contribution is -0.136. The predicted octanol–water partition coefficient (Wildman–Crippen LogP) is 3.32. The molecule has 0 radical (unpaired) electrons. The zero-order chi connectivity index (χ0) is 16.3. The number of aromatic nitrogens is 1. The minimum Gasteiger partial charge on any atom is -0.289 e. The molecule has 0 saturated heterocycles. The van der Waals surface area contributed by atoms with Gasteiger partial charge in [-0.15, -0.1) is 0 Å². The molecule has 0 aliphatic heterocycles. The van der Waals surface area contributed by atoms with E-state index in [1.807, 2.05) is 35.8 Å². The van der Waals surface area contributed by atoms with E-state index in [-0.39, 0.29) is 17.6 Å². The van der Waals surface area contributed by atoms with Gasteiger partial charge in [-0.1, -0.05) is 30.3 Å². The van der Waals surface area contributed by atoms with Crippen LogP contribution in [0.15, 0.2) is 48.8 Å². The molecule has 1 fully saturated rings. The van der Waals surface area contributed by atoms with Crippen molar-refractivity contribution in [2.75, 3.05) is 0 Å². The summed E-state index contributed by atoms with van der Waals surface area (Å²) in [5, 5.41) is 9.17. The Balaban J connectivity index is 1.85. The molecular weight excluding hydrogens is 295 g/mol. The van der Waals surface area contributed by atoms with Crippen molar-refractivity contribution in [2.24, 2.45) is 0 Å². The van der Waals surface area contributed by atoms with Crippen molar-refractivity contribution in [1.82, 2.24) is 10.5 Å². The summed E-state index contributed by atoms with van der Waals surface area (Å²) < 4.78 is 13.4. The normalized spacial score (nSPS) is 24.2. The van der Waals surface area contributed by atoms with Gasteiger partial charge in [0.25, 0.3) is 5.91 Å². The molecule has 1 heterocycles. The molecule has 1 aromatic heterocycles. The van der Waals surface area contributed by atoms with Crippen LogP contribution in [-0.2, 0) is 10.2 Å². The summed E-state index contributed by atoms with van der Waals surface area (Å²) in [4.78, 5) is 16.3. The molecule has 23 heavy (non-hydrogen) atoms. The van der Waals surface area contributed by atoms with Gasteiger partial charge in [-0.2, -0.15) is 0 Å². The van der Waals surface area contributed by atoms with E-state index in [4.69, 9.17) is 0 Å². The number of carbonyl (C=O) groups is 1. The zero-order valence-corrected chi connectivity index (χ0v) is 12.7. The van der Waals surface area contributed by atoms with E-state index in [0.717, 1.165) is 24.0 Å². The Labute approximate surface area is 134 Å². The summed E-state index contributed by atoms with van der Waals surface area (Å²) in [6.07, 6.45) is 5.57. The van der Waals surface area contributed by atoms with E-state index in [0.29, 0.717) is 12.8 Å². The second kappa shape index (κ2) is 6.46. The maximum absolute atomic E-state index is 13.4. The highest BCUT2D eigenvalue weighted by Crippen LogP contribution is 2.45. The van der Waals surface area contributed by atoms with Crippen LogP contribution in [0.1, 0.15) is 42.7 Å². The number of hydrogen-bond donors (Lipinski definition) is 2. The average Bonchev–Trinajstić information content (AvgIpc) is 2.62. The molecule has 0 unspecified atom stereocenters. The van der Waals surface area contributed by atoms with Crippen LogP contribution in [-0.4, -0.2) is 16.1 Å². The molecule has 1 aromatic carbocycles. The molecule has 0 atom stereocenters. The summed E-state index contributed by atoms with van der Waals surface area (Å²) in [6.45, 7) is 0. The quantitative estimate of drug-likeness (QED) is 0.675. The monoisotopic (exact) mass is 314 g/mol. The largest absolute Gasteiger partial charge is 0.289 e. The fourth-order valence-electron chi connectivity index (χ4n) is 3.61. The smallest absolute Gasteiger partial charge is 0.253 e. The number of pyridine rings is 1. The fourth-order valence-corrected chi connectivity index (χ4v) is 3.61. The molecule has 1 amide bonds. The van der Waals surface area contributed by atoms with E-state index in [1.165, 1.54) is 12.3 Å². The third kappa shape index (κ3) is 2.97. The molecule has 0 bridgehead atoms. The van der Waals surface area contributed by atoms with Crippen LogP contribution in [0.2, 0.25) is 0 Å². The molecule has 2 N–H and O–H groups in total. The summed E-state index contributed by atoms with van der Waals surface area (Å²) in [7, 11) is 0. The maximum Gasteiger partial charge on any atom is 0.253 e. The number of rotatable bonds is 3. The van der Waals surface area contributed by atoms with Crippen molar-refractivity contribution in [3.63, 3.8) is 0 Å². The minimum atomic E-state index is -0.729. The Hall–Kier alpha value is -2.27. The molecule has 1 aliphatic rings. The highest BCUT2D eigenvalue weighted by Gasteiger charge is 2.43. The number of hydroxylamine groups is 1. The van der Waals surface area contributed by atoms with E-state index in [9.17, 15) is 14.4 Å². The van der Waals surface area contributed by atoms with E-state index in [1.54, 1.807) is 6.20 Å². The standard InChI is InChI=1S/C18H19FN2O2/c19-16-10-14(11-20-12-16)13-6-8-18(9-7-13,17(22)21-23)15-4-2-1-3-5-15/h1-5,10-13,23H,6-9H2,(H,21,22)/t13-,18-. The Morgan fingerprint density at radius 3 is 2.52 bits per heavy atom. The van der Waals surface area contributed by atoms with Crippen molar-refractivity contribution >= 4 is 5.91 Å². The zero-order valence-electron chi connectivity index (χ0n) is 12.7. The Morgan fingerprint density at radius 2 is 1.91 bits per heavy atom. The second-order valence-electron chi connectivity index (χ2n) is 6.10. The van der Waals surface area contributed by atoms with Gasteiger partial charge in [-0.3, -0.25) is 15.0 Å². The Morgan fingerprint density at radius 1 is 1.22 bits per heavy atom. The first-order valence-electron chi connectivity index (χ1n) is 7.76. The van der Waals surface area contributed by atoms with Crippen molar-refractivity contribution in [1.29, 1.82) is 0 Å². The number of hydrogen-bond acceptors (Lipinski definition) is 3. The van der Waals surface area contributed by atoms with Crippen LogP contribution in [0.5, 0.6) is 0 Å². The summed E-state index contributed by atoms with van der Waals surface area (Å²) in [5.41, 5.74) is 2.87. The van der Waals surface area contributed by atoms with Gasteiger partial charge in [-0.25, -0.2) is 9.87 Å². The molecule has 3 rings (SSSR count). The van der Waals surface area contributed by atoms with Crippen molar-refractivity contribution in [3.05, 3.63) is 65.7 Å². The molecular formula is C18H19FN2O2. The average molecular weight is 314 g/mol. The molecule has 120 valence electrons. The summed E-state index contributed by atoms with van der Waals surface area (Å²) in [5.74, 6) is -0.531. The minimum absolute atomic E-state index is 0.182. The lowest BCUT2D eigenvalue weighted by Crippen LogP contribution is -2.45. The first-order chi connectivity index (χ1) is 11.2. The van der Waals surface area contributed by atoms with Gasteiger partial charge < -0.3 is 0 Å². The van der Waals surface area contributed by atoms with E-state index < -0.39 is 5.41 Å². The third-order valence-corrected chi connectivity index (χ3v) is 4.90. The van der Waals surface area contributed by atoms with Gasteiger partial charge in [-0.05, 0) is 48.8 Å². The van der Waals surface area contributed by atoms with Crippen LogP contribution < -0.4 is 5.48 Å². The van der Waals surface area contributed by atoms with E-state index in [2.05, 4.69) is 4.98 Å². The maximum atomic E-state index is 13.4. The number of halogens is 1. The number of nitrogens with one attached hydrogen (secondary N) is 1. The van der Waals surface area contributed by atoms with Crippen LogP contribution in [0, 0.1) is 5.82 Å². The summed E-state index contributed by atoms with van der Waals surface area (Å²) in [6, 6.07) is 11.0. The molecule has 2 aromatic rings. The Kier molecular flexibility index (Phi) is 4.39. The number of benzene rings is 1. The molecule has 0 spiro atoms. The van der Waals surface area contributed by atoms with Crippen LogP contribution in [0.4, 0.5) is 4.39 Å². The molecule has 1 aliphatic carbocycles. The first kappa shape index (κ1) is 15.6.